The zero-order valence-corrected chi connectivity index (χ0v) is 17.4. The Morgan fingerprint density at radius 3 is 2.65 bits per heavy atom. The molecule has 1 fully saturated rings. The van der Waals surface area contributed by atoms with E-state index in [0.717, 1.165) is 49.9 Å². The monoisotopic (exact) mass is 473 g/mol. The van der Waals surface area contributed by atoms with Gasteiger partial charge in [-0.15, -0.1) is 24.0 Å². The first-order valence-corrected chi connectivity index (χ1v) is 8.48. The highest BCUT2D eigenvalue weighted by Crippen LogP contribution is 2.10. The molecule has 1 saturated heterocycles. The fraction of sp³-hybridized carbons (Fsp3) is 0.444. The molecule has 1 aliphatic heterocycles. The first-order valence-electron chi connectivity index (χ1n) is 8.48. The van der Waals surface area contributed by atoms with E-state index in [4.69, 9.17) is 4.52 Å². The molecule has 1 aromatic heterocycles. The summed E-state index contributed by atoms with van der Waals surface area (Å²) in [6.07, 6.45) is 1.60. The van der Waals surface area contributed by atoms with Crippen molar-refractivity contribution in [3.05, 3.63) is 53.2 Å². The van der Waals surface area contributed by atoms with Gasteiger partial charge in [0.1, 0.15) is 12.1 Å². The minimum absolute atomic E-state index is 0. The van der Waals surface area contributed by atoms with Gasteiger partial charge in [0, 0.05) is 52.4 Å². The summed E-state index contributed by atoms with van der Waals surface area (Å²) in [7, 11) is 1.78. The van der Waals surface area contributed by atoms with Crippen LogP contribution in [0.3, 0.4) is 0 Å². The van der Waals surface area contributed by atoms with Crippen LogP contribution in [0.4, 0.5) is 4.39 Å². The van der Waals surface area contributed by atoms with Crippen molar-refractivity contribution in [2.24, 2.45) is 4.99 Å². The van der Waals surface area contributed by atoms with Gasteiger partial charge in [-0.25, -0.2) is 4.39 Å². The van der Waals surface area contributed by atoms with Gasteiger partial charge in [0.25, 0.3) is 0 Å². The van der Waals surface area contributed by atoms with Crippen LogP contribution in [0.15, 0.2) is 40.0 Å². The van der Waals surface area contributed by atoms with Crippen LogP contribution in [-0.2, 0) is 13.1 Å². The molecule has 26 heavy (non-hydrogen) atoms. The lowest BCUT2D eigenvalue weighted by Gasteiger charge is -2.36. The van der Waals surface area contributed by atoms with E-state index in [1.54, 1.807) is 32.4 Å². The molecule has 0 atom stereocenters. The Morgan fingerprint density at radius 1 is 1.27 bits per heavy atom. The van der Waals surface area contributed by atoms with Crippen molar-refractivity contribution < 1.29 is 8.91 Å². The molecular weight excluding hydrogens is 448 g/mol. The zero-order chi connectivity index (χ0) is 17.6. The first kappa shape index (κ1) is 20.6. The summed E-state index contributed by atoms with van der Waals surface area (Å²) in [6, 6.07) is 7.21. The standard InChI is InChI=1S/C18H24FN5O.HI/c1-14-3-4-15(11-17(14)19)12-21-18(20-2)24-8-6-23(7-9-24)13-16-5-10-25-22-16;/h3-5,10-11H,6-9,12-13H2,1-2H3,(H,20,21);1H. The molecule has 0 aliphatic carbocycles. The molecule has 6 nitrogen and oxygen atoms in total. The highest BCUT2D eigenvalue weighted by molar-refractivity contribution is 14.0. The van der Waals surface area contributed by atoms with Crippen LogP contribution in [0.5, 0.6) is 0 Å². The maximum absolute atomic E-state index is 13.7. The van der Waals surface area contributed by atoms with Crippen LogP contribution >= 0.6 is 24.0 Å². The maximum Gasteiger partial charge on any atom is 0.194 e. The topological polar surface area (TPSA) is 56.9 Å². The van der Waals surface area contributed by atoms with Gasteiger partial charge in [0.05, 0.1) is 5.69 Å². The van der Waals surface area contributed by atoms with Gasteiger partial charge in [0.15, 0.2) is 5.96 Å². The number of piperazine rings is 1. The summed E-state index contributed by atoms with van der Waals surface area (Å²) in [5.41, 5.74) is 2.53. The van der Waals surface area contributed by atoms with Gasteiger partial charge in [-0.05, 0) is 24.1 Å². The summed E-state index contributed by atoms with van der Waals surface area (Å²) < 4.78 is 18.5. The molecule has 0 spiro atoms. The number of aliphatic imine (C=N–C) groups is 1. The van der Waals surface area contributed by atoms with Crippen molar-refractivity contribution in [3.8, 4) is 0 Å². The Bertz CT molecular complexity index is 714. The summed E-state index contributed by atoms with van der Waals surface area (Å²) in [6.45, 7) is 6.78. The third kappa shape index (κ3) is 5.41. The van der Waals surface area contributed by atoms with E-state index >= 15 is 0 Å². The van der Waals surface area contributed by atoms with Crippen molar-refractivity contribution in [2.75, 3.05) is 33.2 Å². The third-order valence-electron chi connectivity index (χ3n) is 4.45. The Hall–Kier alpha value is -1.68. The molecule has 0 radical (unpaired) electrons. The minimum atomic E-state index is -0.171. The van der Waals surface area contributed by atoms with Gasteiger partial charge in [-0.2, -0.15) is 0 Å². The van der Waals surface area contributed by atoms with Crippen molar-refractivity contribution in [1.29, 1.82) is 0 Å². The molecule has 0 saturated carbocycles. The second kappa shape index (κ2) is 9.86. The minimum Gasteiger partial charge on any atom is -0.364 e. The molecule has 8 heteroatoms. The predicted octanol–water partition coefficient (Wildman–Crippen LogP) is 2.63. The predicted molar refractivity (Wildman–Crippen MR) is 110 cm³/mol. The highest BCUT2D eigenvalue weighted by Gasteiger charge is 2.20. The van der Waals surface area contributed by atoms with Crippen molar-refractivity contribution in [3.63, 3.8) is 0 Å². The number of hydrogen-bond acceptors (Lipinski definition) is 4. The number of benzene rings is 1. The molecule has 2 heterocycles. The molecule has 1 aromatic carbocycles. The summed E-state index contributed by atoms with van der Waals surface area (Å²) >= 11 is 0. The number of nitrogens with one attached hydrogen (secondary N) is 1. The van der Waals surface area contributed by atoms with Gasteiger partial charge < -0.3 is 14.7 Å². The average Bonchev–Trinajstić information content (AvgIpc) is 3.13. The first-order chi connectivity index (χ1) is 12.2. The van der Waals surface area contributed by atoms with Crippen LogP contribution in [0.2, 0.25) is 0 Å². The molecule has 0 amide bonds. The Labute approximate surface area is 170 Å². The van der Waals surface area contributed by atoms with Gasteiger partial charge in [0.2, 0.25) is 0 Å². The lowest BCUT2D eigenvalue weighted by Crippen LogP contribution is -2.52. The number of rotatable bonds is 4. The lowest BCUT2D eigenvalue weighted by molar-refractivity contribution is 0.169. The SMILES string of the molecule is CN=C(NCc1ccc(C)c(F)c1)N1CCN(Cc2ccon2)CC1.I. The summed E-state index contributed by atoms with van der Waals surface area (Å²) in [5, 5.41) is 7.29. The second-order valence-electron chi connectivity index (χ2n) is 6.24. The summed E-state index contributed by atoms with van der Waals surface area (Å²) in [4.78, 5) is 8.93. The van der Waals surface area contributed by atoms with E-state index in [9.17, 15) is 4.39 Å². The molecule has 0 unspecified atom stereocenters. The van der Waals surface area contributed by atoms with Gasteiger partial charge >= 0.3 is 0 Å². The average molecular weight is 473 g/mol. The number of halogens is 2. The fourth-order valence-electron chi connectivity index (χ4n) is 2.93. The number of aryl methyl sites for hydroxylation is 1. The van der Waals surface area contributed by atoms with Gasteiger partial charge in [-0.1, -0.05) is 17.3 Å². The van der Waals surface area contributed by atoms with Crippen molar-refractivity contribution in [2.45, 2.75) is 20.0 Å². The molecule has 3 rings (SSSR count). The molecule has 2 aromatic rings. The third-order valence-corrected chi connectivity index (χ3v) is 4.45. The van der Waals surface area contributed by atoms with E-state index in [2.05, 4.69) is 25.3 Å². The second-order valence-corrected chi connectivity index (χ2v) is 6.24. The van der Waals surface area contributed by atoms with Crippen LogP contribution in [0.1, 0.15) is 16.8 Å². The quantitative estimate of drug-likeness (QED) is 0.421. The van der Waals surface area contributed by atoms with E-state index in [1.807, 2.05) is 12.1 Å². The molecular formula is C18H25FIN5O. The number of guanidine groups is 1. The van der Waals surface area contributed by atoms with E-state index in [-0.39, 0.29) is 29.8 Å². The lowest BCUT2D eigenvalue weighted by atomic mass is 10.1. The highest BCUT2D eigenvalue weighted by atomic mass is 127. The van der Waals surface area contributed by atoms with Crippen LogP contribution in [0.25, 0.3) is 0 Å². The molecule has 0 bridgehead atoms. The number of hydrogen-bond donors (Lipinski definition) is 1. The van der Waals surface area contributed by atoms with E-state index < -0.39 is 0 Å². The summed E-state index contributed by atoms with van der Waals surface area (Å²) in [5.74, 6) is 0.679. The largest absolute Gasteiger partial charge is 0.364 e. The van der Waals surface area contributed by atoms with Crippen LogP contribution in [-0.4, -0.2) is 54.1 Å². The Balaban J connectivity index is 0.00000243. The Kier molecular flexibility index (Phi) is 7.83. The maximum atomic E-state index is 13.7. The van der Waals surface area contributed by atoms with Crippen molar-refractivity contribution >= 4 is 29.9 Å². The number of nitrogens with zero attached hydrogens (tertiary/aromatic N) is 4. The number of aromatic nitrogens is 1. The van der Waals surface area contributed by atoms with Crippen LogP contribution < -0.4 is 5.32 Å². The van der Waals surface area contributed by atoms with E-state index in [1.165, 1.54) is 0 Å². The van der Waals surface area contributed by atoms with Crippen LogP contribution in [0, 0.1) is 12.7 Å². The zero-order valence-electron chi connectivity index (χ0n) is 15.1. The normalized spacial score (nSPS) is 15.7. The van der Waals surface area contributed by atoms with Crippen molar-refractivity contribution in [1.82, 2.24) is 20.3 Å². The Morgan fingerprint density at radius 2 is 2.04 bits per heavy atom. The smallest absolute Gasteiger partial charge is 0.194 e. The molecule has 1 N–H and O–H groups in total. The molecule has 142 valence electrons. The molecule has 1 aliphatic rings. The fourth-order valence-corrected chi connectivity index (χ4v) is 2.93. The van der Waals surface area contributed by atoms with E-state index in [0.29, 0.717) is 12.1 Å². The van der Waals surface area contributed by atoms with Gasteiger partial charge in [-0.3, -0.25) is 9.89 Å².